The number of morpholine rings is 1. The lowest BCUT2D eigenvalue weighted by molar-refractivity contribution is -0.0295. The quantitative estimate of drug-likeness (QED) is 0.870. The Hall–Kier alpha value is -1.59. The molecule has 5 heteroatoms. The monoisotopic (exact) mass is 306 g/mol. The summed E-state index contributed by atoms with van der Waals surface area (Å²) in [7, 11) is 0. The third-order valence-electron chi connectivity index (χ3n) is 3.73. The molecule has 22 heavy (non-hydrogen) atoms. The summed E-state index contributed by atoms with van der Waals surface area (Å²) in [6.45, 7) is 10.3. The van der Waals surface area contributed by atoms with Gasteiger partial charge in [0.1, 0.15) is 5.75 Å². The number of carbonyl (C=O) groups excluding carboxylic acids is 1. The summed E-state index contributed by atoms with van der Waals surface area (Å²) >= 11 is 0. The van der Waals surface area contributed by atoms with E-state index in [9.17, 15) is 9.90 Å². The summed E-state index contributed by atoms with van der Waals surface area (Å²) in [6.07, 6.45) is 0.00315. The van der Waals surface area contributed by atoms with Crippen LogP contribution in [0.1, 0.15) is 29.8 Å². The van der Waals surface area contributed by atoms with Crippen LogP contribution in [0.5, 0.6) is 5.75 Å². The third-order valence-corrected chi connectivity index (χ3v) is 3.73. The Labute approximate surface area is 132 Å². The second kappa shape index (κ2) is 7.61. The van der Waals surface area contributed by atoms with Crippen molar-refractivity contribution < 1.29 is 14.6 Å². The van der Waals surface area contributed by atoms with Crippen LogP contribution in [0.3, 0.4) is 0 Å². The molecule has 1 amide bonds. The molecular weight excluding hydrogens is 280 g/mol. The predicted octanol–water partition coefficient (Wildman–Crippen LogP) is 1.79. The number of nitrogens with zero attached hydrogens (tertiary/aromatic N) is 1. The maximum atomic E-state index is 12.2. The average molecular weight is 306 g/mol. The number of aryl methyl sites for hydroxylation is 1. The standard InChI is InChI=1S/C17H26N2O3/c1-12(2)10-19-6-7-22-14(11-19)9-18-17(21)15-8-13(3)4-5-16(15)20/h4-5,8,12,14,20H,6-7,9-11H2,1-3H3,(H,18,21). The molecule has 0 radical (unpaired) electrons. The van der Waals surface area contributed by atoms with Crippen LogP contribution >= 0.6 is 0 Å². The molecule has 0 spiro atoms. The minimum atomic E-state index is -0.259. The van der Waals surface area contributed by atoms with Crippen LogP contribution in [0.15, 0.2) is 18.2 Å². The molecule has 0 bridgehead atoms. The summed E-state index contributed by atoms with van der Waals surface area (Å²) in [5.41, 5.74) is 1.26. The smallest absolute Gasteiger partial charge is 0.255 e. The van der Waals surface area contributed by atoms with E-state index >= 15 is 0 Å². The Bertz CT molecular complexity index is 517. The van der Waals surface area contributed by atoms with Crippen molar-refractivity contribution in [3.63, 3.8) is 0 Å². The molecule has 2 N–H and O–H groups in total. The molecule has 1 saturated heterocycles. The van der Waals surface area contributed by atoms with Gasteiger partial charge in [-0.1, -0.05) is 25.5 Å². The number of amides is 1. The second-order valence-corrected chi connectivity index (χ2v) is 6.38. The molecule has 0 aromatic heterocycles. The number of phenolic OH excluding ortho intramolecular Hbond substituents is 1. The molecule has 1 aliphatic heterocycles. The number of hydrogen-bond acceptors (Lipinski definition) is 4. The summed E-state index contributed by atoms with van der Waals surface area (Å²) in [6, 6.07) is 5.02. The highest BCUT2D eigenvalue weighted by Crippen LogP contribution is 2.18. The summed E-state index contributed by atoms with van der Waals surface area (Å²) < 4.78 is 5.71. The normalized spacial score (nSPS) is 19.4. The van der Waals surface area contributed by atoms with E-state index in [1.165, 1.54) is 0 Å². The fourth-order valence-electron chi connectivity index (χ4n) is 2.72. The molecule has 1 aromatic rings. The van der Waals surface area contributed by atoms with Crippen LogP contribution < -0.4 is 5.32 Å². The number of rotatable bonds is 5. The highest BCUT2D eigenvalue weighted by atomic mass is 16.5. The minimum Gasteiger partial charge on any atom is -0.507 e. The average Bonchev–Trinajstić information content (AvgIpc) is 2.47. The number of hydrogen-bond donors (Lipinski definition) is 2. The van der Waals surface area contributed by atoms with Crippen molar-refractivity contribution in [3.8, 4) is 5.75 Å². The largest absolute Gasteiger partial charge is 0.507 e. The number of ether oxygens (including phenoxy) is 1. The van der Waals surface area contributed by atoms with Gasteiger partial charge in [-0.15, -0.1) is 0 Å². The van der Waals surface area contributed by atoms with Crippen LogP contribution in [0, 0.1) is 12.8 Å². The Morgan fingerprint density at radius 1 is 1.50 bits per heavy atom. The van der Waals surface area contributed by atoms with Crippen LogP contribution in [-0.2, 0) is 4.74 Å². The lowest BCUT2D eigenvalue weighted by atomic mass is 10.1. The molecule has 0 saturated carbocycles. The Morgan fingerprint density at radius 2 is 2.27 bits per heavy atom. The maximum Gasteiger partial charge on any atom is 0.255 e. The van der Waals surface area contributed by atoms with Crippen LogP contribution in [0.4, 0.5) is 0 Å². The van der Waals surface area contributed by atoms with Gasteiger partial charge in [-0.2, -0.15) is 0 Å². The highest BCUT2D eigenvalue weighted by molar-refractivity contribution is 5.97. The summed E-state index contributed by atoms with van der Waals surface area (Å²) in [5, 5.41) is 12.6. The number of nitrogens with one attached hydrogen (secondary N) is 1. The van der Waals surface area contributed by atoms with E-state index in [1.807, 2.05) is 6.92 Å². The molecule has 1 heterocycles. The van der Waals surface area contributed by atoms with Crippen LogP contribution in [0.25, 0.3) is 0 Å². The number of aromatic hydroxyl groups is 1. The Morgan fingerprint density at radius 3 is 3.00 bits per heavy atom. The molecule has 1 atom stereocenters. The van der Waals surface area contributed by atoms with Crippen LogP contribution in [-0.4, -0.2) is 54.8 Å². The predicted molar refractivity (Wildman–Crippen MR) is 86.2 cm³/mol. The van der Waals surface area contributed by atoms with E-state index in [0.29, 0.717) is 24.6 Å². The van der Waals surface area contributed by atoms with E-state index in [-0.39, 0.29) is 17.8 Å². The van der Waals surface area contributed by atoms with Gasteiger partial charge in [0, 0.05) is 26.2 Å². The van der Waals surface area contributed by atoms with E-state index in [4.69, 9.17) is 4.74 Å². The Balaban J connectivity index is 1.86. The van der Waals surface area contributed by atoms with Crippen molar-refractivity contribution in [1.82, 2.24) is 10.2 Å². The van der Waals surface area contributed by atoms with E-state index < -0.39 is 0 Å². The first-order valence-electron chi connectivity index (χ1n) is 7.87. The molecule has 0 aliphatic carbocycles. The van der Waals surface area contributed by atoms with E-state index in [1.54, 1.807) is 18.2 Å². The third kappa shape index (κ3) is 4.71. The number of benzene rings is 1. The van der Waals surface area contributed by atoms with Gasteiger partial charge in [0.2, 0.25) is 0 Å². The van der Waals surface area contributed by atoms with Crippen molar-refractivity contribution in [2.24, 2.45) is 5.92 Å². The van der Waals surface area contributed by atoms with Crippen molar-refractivity contribution in [2.45, 2.75) is 26.9 Å². The van der Waals surface area contributed by atoms with Crippen molar-refractivity contribution in [1.29, 1.82) is 0 Å². The van der Waals surface area contributed by atoms with Gasteiger partial charge >= 0.3 is 0 Å². The van der Waals surface area contributed by atoms with Gasteiger partial charge in [-0.3, -0.25) is 9.69 Å². The molecule has 2 rings (SSSR count). The molecule has 1 unspecified atom stereocenters. The number of phenols is 1. The fourth-order valence-corrected chi connectivity index (χ4v) is 2.72. The van der Waals surface area contributed by atoms with E-state index in [0.717, 1.165) is 25.2 Å². The van der Waals surface area contributed by atoms with Gasteiger partial charge < -0.3 is 15.2 Å². The zero-order valence-electron chi connectivity index (χ0n) is 13.6. The first-order valence-corrected chi connectivity index (χ1v) is 7.87. The molecule has 1 aliphatic rings. The Kier molecular flexibility index (Phi) is 5.80. The minimum absolute atomic E-state index is 0.00315. The molecule has 5 nitrogen and oxygen atoms in total. The first-order chi connectivity index (χ1) is 10.5. The highest BCUT2D eigenvalue weighted by Gasteiger charge is 2.22. The van der Waals surface area contributed by atoms with Crippen molar-refractivity contribution in [3.05, 3.63) is 29.3 Å². The molecule has 1 fully saturated rings. The van der Waals surface area contributed by atoms with E-state index in [2.05, 4.69) is 24.1 Å². The lowest BCUT2D eigenvalue weighted by Gasteiger charge is -2.33. The zero-order valence-corrected chi connectivity index (χ0v) is 13.6. The topological polar surface area (TPSA) is 61.8 Å². The van der Waals surface area contributed by atoms with Crippen LogP contribution in [0.2, 0.25) is 0 Å². The van der Waals surface area contributed by atoms with Gasteiger partial charge in [0.15, 0.2) is 0 Å². The van der Waals surface area contributed by atoms with Crippen molar-refractivity contribution in [2.75, 3.05) is 32.8 Å². The lowest BCUT2D eigenvalue weighted by Crippen LogP contribution is -2.48. The molecule has 1 aromatic carbocycles. The van der Waals surface area contributed by atoms with Gasteiger partial charge in [0.25, 0.3) is 5.91 Å². The zero-order chi connectivity index (χ0) is 16.1. The molecular formula is C17H26N2O3. The van der Waals surface area contributed by atoms with Gasteiger partial charge in [-0.25, -0.2) is 0 Å². The number of carbonyl (C=O) groups is 1. The second-order valence-electron chi connectivity index (χ2n) is 6.38. The van der Waals surface area contributed by atoms with Crippen molar-refractivity contribution >= 4 is 5.91 Å². The summed E-state index contributed by atoms with van der Waals surface area (Å²) in [5.74, 6) is 0.373. The van der Waals surface area contributed by atoms with Gasteiger partial charge in [0.05, 0.1) is 18.3 Å². The SMILES string of the molecule is Cc1ccc(O)c(C(=O)NCC2CN(CC(C)C)CCO2)c1. The first kappa shape index (κ1) is 16.8. The van der Waals surface area contributed by atoms with Gasteiger partial charge in [-0.05, 0) is 25.0 Å². The maximum absolute atomic E-state index is 12.2. The summed E-state index contributed by atoms with van der Waals surface area (Å²) in [4.78, 5) is 14.5. The molecule has 122 valence electrons. The fraction of sp³-hybridized carbons (Fsp3) is 0.588.